The Hall–Kier alpha value is -0.0300. The van der Waals surface area contributed by atoms with Crippen LogP contribution in [0.25, 0.3) is 0 Å². The maximum atomic E-state index is 5.94. The lowest BCUT2D eigenvalue weighted by molar-refractivity contribution is 1.16. The summed E-state index contributed by atoms with van der Waals surface area (Å²) < 4.78 is 1.02. The maximum absolute atomic E-state index is 5.94. The minimum Gasteiger partial charge on any atom is -0.369 e. The zero-order valence-corrected chi connectivity index (χ0v) is 8.98. The lowest BCUT2D eigenvalue weighted by Gasteiger charge is -2.04. The Bertz CT molecular complexity index is 252. The van der Waals surface area contributed by atoms with Crippen LogP contribution >= 0.6 is 34.2 Å². The summed E-state index contributed by atoms with van der Waals surface area (Å²) in [6.45, 7) is 2.85. The van der Waals surface area contributed by atoms with Crippen LogP contribution in [-0.4, -0.2) is 11.5 Å². The fourth-order valence-corrected chi connectivity index (χ4v) is 1.31. The molecule has 1 aromatic heterocycles. The molecule has 1 rings (SSSR count). The molecule has 0 radical (unpaired) electrons. The lowest BCUT2D eigenvalue weighted by Crippen LogP contribution is -2.00. The Morgan fingerprint density at radius 2 is 2.45 bits per heavy atom. The van der Waals surface area contributed by atoms with E-state index in [1.807, 2.05) is 13.0 Å². The summed E-state index contributed by atoms with van der Waals surface area (Å²) in [6, 6.07) is 1.88. The minimum atomic E-state index is 0.704. The van der Waals surface area contributed by atoms with E-state index >= 15 is 0 Å². The molecule has 11 heavy (non-hydrogen) atoms. The Kier molecular flexibility index (Phi) is 3.39. The second-order valence-corrected chi connectivity index (χ2v) is 3.53. The molecule has 0 aliphatic rings. The molecule has 0 fully saturated rings. The van der Waals surface area contributed by atoms with E-state index in [0.29, 0.717) is 5.02 Å². The quantitative estimate of drug-likeness (QED) is 0.844. The summed E-state index contributed by atoms with van der Waals surface area (Å²) in [5, 5.41) is 3.77. The molecule has 2 nitrogen and oxygen atoms in total. The third-order valence-electron chi connectivity index (χ3n) is 1.19. The van der Waals surface area contributed by atoms with Gasteiger partial charge in [-0.1, -0.05) is 11.6 Å². The second-order valence-electron chi connectivity index (χ2n) is 1.99. The van der Waals surface area contributed by atoms with Gasteiger partial charge in [-0.15, -0.1) is 0 Å². The Morgan fingerprint density at radius 1 is 1.73 bits per heavy atom. The van der Waals surface area contributed by atoms with Crippen LogP contribution in [0.4, 0.5) is 5.82 Å². The van der Waals surface area contributed by atoms with Crippen LogP contribution < -0.4 is 5.32 Å². The van der Waals surface area contributed by atoms with Gasteiger partial charge >= 0.3 is 0 Å². The van der Waals surface area contributed by atoms with Crippen molar-refractivity contribution in [1.82, 2.24) is 4.98 Å². The standard InChI is InChI=1S/C7H8ClIN2/c1-2-10-7-6(8)5(9)3-4-11-7/h3-4H,2H2,1H3,(H,10,11). The largest absolute Gasteiger partial charge is 0.369 e. The highest BCUT2D eigenvalue weighted by Gasteiger charge is 2.02. The van der Waals surface area contributed by atoms with Crippen LogP contribution in [0.5, 0.6) is 0 Å². The summed E-state index contributed by atoms with van der Waals surface area (Å²) in [6.07, 6.45) is 1.74. The van der Waals surface area contributed by atoms with Crippen LogP contribution in [0, 0.1) is 3.57 Å². The number of aromatic nitrogens is 1. The molecule has 4 heteroatoms. The van der Waals surface area contributed by atoms with Gasteiger partial charge in [0, 0.05) is 16.3 Å². The van der Waals surface area contributed by atoms with Gasteiger partial charge in [-0.2, -0.15) is 0 Å². The first-order chi connectivity index (χ1) is 5.25. The van der Waals surface area contributed by atoms with Crippen molar-refractivity contribution in [2.75, 3.05) is 11.9 Å². The van der Waals surface area contributed by atoms with Gasteiger partial charge in [-0.25, -0.2) is 4.98 Å². The fourth-order valence-electron chi connectivity index (χ4n) is 0.711. The molecule has 0 aliphatic heterocycles. The van der Waals surface area contributed by atoms with Crippen molar-refractivity contribution >= 4 is 40.0 Å². The van der Waals surface area contributed by atoms with Crippen molar-refractivity contribution in [3.63, 3.8) is 0 Å². The van der Waals surface area contributed by atoms with Crippen molar-refractivity contribution in [3.05, 3.63) is 20.9 Å². The topological polar surface area (TPSA) is 24.9 Å². The van der Waals surface area contributed by atoms with Crippen molar-refractivity contribution in [2.45, 2.75) is 6.92 Å². The Morgan fingerprint density at radius 3 is 3.09 bits per heavy atom. The summed E-state index contributed by atoms with van der Waals surface area (Å²) in [5.74, 6) is 0.765. The molecule has 0 aromatic carbocycles. The van der Waals surface area contributed by atoms with Gasteiger partial charge in [0.2, 0.25) is 0 Å². The summed E-state index contributed by atoms with van der Waals surface area (Å²) >= 11 is 8.12. The van der Waals surface area contributed by atoms with E-state index in [9.17, 15) is 0 Å². The number of hydrogen-bond donors (Lipinski definition) is 1. The van der Waals surface area contributed by atoms with Crippen LogP contribution in [-0.2, 0) is 0 Å². The summed E-state index contributed by atoms with van der Waals surface area (Å²) in [7, 11) is 0. The van der Waals surface area contributed by atoms with Crippen molar-refractivity contribution in [3.8, 4) is 0 Å². The van der Waals surface area contributed by atoms with E-state index < -0.39 is 0 Å². The monoisotopic (exact) mass is 282 g/mol. The normalized spacial score (nSPS) is 9.73. The van der Waals surface area contributed by atoms with E-state index in [4.69, 9.17) is 11.6 Å². The van der Waals surface area contributed by atoms with Gasteiger partial charge in [0.15, 0.2) is 0 Å². The number of nitrogens with zero attached hydrogens (tertiary/aromatic N) is 1. The van der Waals surface area contributed by atoms with Gasteiger partial charge in [0.05, 0.1) is 5.02 Å². The first kappa shape index (κ1) is 9.06. The summed E-state index contributed by atoms with van der Waals surface area (Å²) in [5.41, 5.74) is 0. The SMILES string of the molecule is CCNc1nccc(I)c1Cl. The second kappa shape index (κ2) is 4.11. The molecule has 0 amide bonds. The first-order valence-electron chi connectivity index (χ1n) is 3.29. The number of halogens is 2. The van der Waals surface area contributed by atoms with Crippen molar-refractivity contribution in [2.24, 2.45) is 0 Å². The van der Waals surface area contributed by atoms with Gasteiger partial charge < -0.3 is 5.32 Å². The van der Waals surface area contributed by atoms with E-state index in [1.54, 1.807) is 6.20 Å². The van der Waals surface area contributed by atoms with Gasteiger partial charge in [-0.05, 0) is 35.6 Å². The molecule has 0 spiro atoms. The minimum absolute atomic E-state index is 0.704. The Labute approximate surface area is 84.5 Å². The molecule has 1 N–H and O–H groups in total. The fraction of sp³-hybridized carbons (Fsp3) is 0.286. The number of hydrogen-bond acceptors (Lipinski definition) is 2. The maximum Gasteiger partial charge on any atom is 0.145 e. The zero-order valence-electron chi connectivity index (χ0n) is 6.06. The number of nitrogens with one attached hydrogen (secondary N) is 1. The summed E-state index contributed by atoms with van der Waals surface area (Å²) in [4.78, 5) is 4.08. The van der Waals surface area contributed by atoms with E-state index in [-0.39, 0.29) is 0 Å². The highest BCUT2D eigenvalue weighted by molar-refractivity contribution is 14.1. The van der Waals surface area contributed by atoms with Crippen LogP contribution in [0.3, 0.4) is 0 Å². The highest BCUT2D eigenvalue weighted by atomic mass is 127. The van der Waals surface area contributed by atoms with E-state index in [2.05, 4.69) is 32.9 Å². The van der Waals surface area contributed by atoms with Crippen LogP contribution in [0.15, 0.2) is 12.3 Å². The smallest absolute Gasteiger partial charge is 0.145 e. The van der Waals surface area contributed by atoms with Gasteiger partial charge in [0.25, 0.3) is 0 Å². The molecule has 60 valence electrons. The van der Waals surface area contributed by atoms with Gasteiger partial charge in [-0.3, -0.25) is 0 Å². The number of rotatable bonds is 2. The zero-order chi connectivity index (χ0) is 8.27. The van der Waals surface area contributed by atoms with E-state index in [1.165, 1.54) is 0 Å². The third-order valence-corrected chi connectivity index (χ3v) is 2.79. The molecule has 0 saturated heterocycles. The Balaban J connectivity index is 2.96. The number of pyridine rings is 1. The molecule has 0 bridgehead atoms. The molecule has 1 aromatic rings. The molecule has 1 heterocycles. The average molecular weight is 283 g/mol. The van der Waals surface area contributed by atoms with Crippen LogP contribution in [0.2, 0.25) is 5.02 Å². The van der Waals surface area contributed by atoms with Crippen LogP contribution in [0.1, 0.15) is 6.92 Å². The van der Waals surface area contributed by atoms with Gasteiger partial charge in [0.1, 0.15) is 5.82 Å². The molecular weight excluding hydrogens is 274 g/mol. The predicted molar refractivity (Wildman–Crippen MR) is 56.1 cm³/mol. The third kappa shape index (κ3) is 2.20. The first-order valence-corrected chi connectivity index (χ1v) is 4.75. The molecular formula is C7H8ClIN2. The van der Waals surface area contributed by atoms with Crippen molar-refractivity contribution in [1.29, 1.82) is 0 Å². The highest BCUT2D eigenvalue weighted by Crippen LogP contribution is 2.24. The van der Waals surface area contributed by atoms with E-state index in [0.717, 1.165) is 15.9 Å². The van der Waals surface area contributed by atoms with Crippen molar-refractivity contribution < 1.29 is 0 Å². The number of anilines is 1. The molecule has 0 unspecified atom stereocenters. The molecule has 0 atom stereocenters. The molecule has 0 saturated carbocycles. The lowest BCUT2D eigenvalue weighted by atomic mass is 10.4. The molecule has 0 aliphatic carbocycles. The predicted octanol–water partition coefficient (Wildman–Crippen LogP) is 2.77. The average Bonchev–Trinajstić information content (AvgIpc) is 1.99.